The molecule has 3 N–H and O–H groups in total. The fourth-order valence-corrected chi connectivity index (χ4v) is 5.93. The van der Waals surface area contributed by atoms with Gasteiger partial charge in [-0.25, -0.2) is 0 Å². The Kier molecular flexibility index (Phi) is 4.27. The summed E-state index contributed by atoms with van der Waals surface area (Å²) in [6, 6.07) is 3.35. The maximum absolute atomic E-state index is 11.9. The number of carbonyl (C=O) groups excluding carboxylic acids is 1. The summed E-state index contributed by atoms with van der Waals surface area (Å²) in [4.78, 5) is 11.9. The molecule has 3 aliphatic carbocycles. The molecule has 0 heterocycles. The molecule has 26 heavy (non-hydrogen) atoms. The monoisotopic (exact) mass is 360 g/mol. The quantitative estimate of drug-likeness (QED) is 0.558. The zero-order chi connectivity index (χ0) is 18.6. The molecule has 0 saturated heterocycles. The van der Waals surface area contributed by atoms with Gasteiger partial charge in [-0.1, -0.05) is 13.8 Å². The lowest BCUT2D eigenvalue weighted by Gasteiger charge is -2.50. The summed E-state index contributed by atoms with van der Waals surface area (Å²) in [6.07, 6.45) is 3.15. The Morgan fingerprint density at radius 1 is 1.31 bits per heavy atom. The van der Waals surface area contributed by atoms with Crippen LogP contribution in [-0.2, 0) is 11.2 Å². The molecule has 0 radical (unpaired) electrons. The van der Waals surface area contributed by atoms with Gasteiger partial charge in [0, 0.05) is 18.1 Å². The Morgan fingerprint density at radius 2 is 2.08 bits per heavy atom. The Bertz CT molecular complexity index is 729. The van der Waals surface area contributed by atoms with Crippen LogP contribution in [0.25, 0.3) is 0 Å². The van der Waals surface area contributed by atoms with Gasteiger partial charge in [0.2, 0.25) is 0 Å². The van der Waals surface area contributed by atoms with Crippen LogP contribution in [0.2, 0.25) is 0 Å². The third kappa shape index (κ3) is 2.55. The van der Waals surface area contributed by atoms with Gasteiger partial charge in [-0.2, -0.15) is 0 Å². The Balaban J connectivity index is 1.73. The van der Waals surface area contributed by atoms with Crippen molar-refractivity contribution in [3.05, 3.63) is 23.3 Å². The second-order valence-electron chi connectivity index (χ2n) is 8.55. The SMILES string of the molecule is CCC(=O)Oc1cc(O)cc2c1[C@H]1CC[C@]3(C)[C@@H](O)[C@H](O)C[C@H]3[C@@H]1CC2. The third-order valence-electron chi connectivity index (χ3n) is 7.25. The number of esters is 1. The van der Waals surface area contributed by atoms with Gasteiger partial charge in [-0.3, -0.25) is 4.79 Å². The van der Waals surface area contributed by atoms with E-state index in [1.807, 2.05) is 0 Å². The highest BCUT2D eigenvalue weighted by atomic mass is 16.5. The van der Waals surface area contributed by atoms with E-state index in [9.17, 15) is 20.1 Å². The van der Waals surface area contributed by atoms with Crippen molar-refractivity contribution in [1.82, 2.24) is 0 Å². The minimum Gasteiger partial charge on any atom is -0.508 e. The standard InChI is InChI=1S/C21H28O5/c1-3-18(24)26-17-9-12(22)8-11-4-5-13-14(19(11)17)6-7-21(2)15(13)10-16(23)20(21)25/h8-9,13-16,20,22-23,25H,3-7,10H2,1-2H3/t13-,14+,15+,16-,20+,21+/m1/s1. The van der Waals surface area contributed by atoms with Gasteiger partial charge in [-0.05, 0) is 66.9 Å². The van der Waals surface area contributed by atoms with Crippen LogP contribution in [0, 0.1) is 17.3 Å². The van der Waals surface area contributed by atoms with Crippen molar-refractivity contribution < 1.29 is 24.9 Å². The highest BCUT2D eigenvalue weighted by Gasteiger charge is 2.58. The Hall–Kier alpha value is -1.59. The van der Waals surface area contributed by atoms with Crippen LogP contribution in [0.1, 0.15) is 63.0 Å². The maximum Gasteiger partial charge on any atom is 0.310 e. The van der Waals surface area contributed by atoms with Crippen molar-refractivity contribution >= 4 is 5.97 Å². The molecule has 0 aromatic heterocycles. The molecule has 0 unspecified atom stereocenters. The number of ether oxygens (including phenoxy) is 1. The van der Waals surface area contributed by atoms with Crippen LogP contribution in [0.5, 0.6) is 11.5 Å². The number of aryl methyl sites for hydroxylation is 1. The van der Waals surface area contributed by atoms with Gasteiger partial charge >= 0.3 is 5.97 Å². The van der Waals surface area contributed by atoms with Gasteiger partial charge in [0.15, 0.2) is 0 Å². The molecule has 0 amide bonds. The second kappa shape index (κ2) is 6.24. The van der Waals surface area contributed by atoms with E-state index >= 15 is 0 Å². The molecule has 5 heteroatoms. The van der Waals surface area contributed by atoms with Crippen LogP contribution in [0.4, 0.5) is 0 Å². The molecule has 6 atom stereocenters. The van der Waals surface area contributed by atoms with E-state index in [-0.39, 0.29) is 35.4 Å². The number of carbonyl (C=O) groups is 1. The van der Waals surface area contributed by atoms with E-state index < -0.39 is 12.2 Å². The summed E-state index contributed by atoms with van der Waals surface area (Å²) >= 11 is 0. The number of benzene rings is 1. The Morgan fingerprint density at radius 3 is 2.81 bits per heavy atom. The van der Waals surface area contributed by atoms with Gasteiger partial charge in [0.05, 0.1) is 12.2 Å². The molecule has 0 spiro atoms. The van der Waals surface area contributed by atoms with E-state index in [1.165, 1.54) is 0 Å². The van der Waals surface area contributed by atoms with E-state index in [0.29, 0.717) is 18.1 Å². The van der Waals surface area contributed by atoms with Crippen LogP contribution < -0.4 is 4.74 Å². The third-order valence-corrected chi connectivity index (χ3v) is 7.25. The summed E-state index contributed by atoms with van der Waals surface area (Å²) in [5.74, 6) is 1.19. The number of aliphatic hydroxyl groups is 2. The van der Waals surface area contributed by atoms with Gasteiger partial charge < -0.3 is 20.1 Å². The normalized spacial score (nSPS) is 38.2. The van der Waals surface area contributed by atoms with Crippen molar-refractivity contribution in [2.24, 2.45) is 17.3 Å². The van der Waals surface area contributed by atoms with Gasteiger partial charge in [0.1, 0.15) is 11.5 Å². The fraction of sp³-hybridized carbons (Fsp3) is 0.667. The fourth-order valence-electron chi connectivity index (χ4n) is 5.93. The highest BCUT2D eigenvalue weighted by Crippen LogP contribution is 2.62. The number of fused-ring (bicyclic) bond motifs is 5. The van der Waals surface area contributed by atoms with Gasteiger partial charge in [0.25, 0.3) is 0 Å². The molecule has 1 aromatic carbocycles. The first-order valence-electron chi connectivity index (χ1n) is 9.77. The number of hydrogen-bond donors (Lipinski definition) is 3. The topological polar surface area (TPSA) is 87.0 Å². The number of hydrogen-bond acceptors (Lipinski definition) is 5. The molecule has 2 saturated carbocycles. The van der Waals surface area contributed by atoms with Crippen LogP contribution >= 0.6 is 0 Å². The van der Waals surface area contributed by atoms with E-state index in [2.05, 4.69) is 6.92 Å². The van der Waals surface area contributed by atoms with E-state index in [4.69, 9.17) is 4.74 Å². The summed E-state index contributed by atoms with van der Waals surface area (Å²) in [5, 5.41) is 30.8. The molecule has 4 rings (SSSR count). The molecule has 0 bridgehead atoms. The van der Waals surface area contributed by atoms with Crippen molar-refractivity contribution in [3.8, 4) is 11.5 Å². The first kappa shape index (κ1) is 17.8. The molecular formula is C21H28O5. The number of rotatable bonds is 2. The number of aliphatic hydroxyl groups excluding tert-OH is 2. The zero-order valence-corrected chi connectivity index (χ0v) is 15.4. The minimum absolute atomic E-state index is 0.133. The molecule has 0 aliphatic heterocycles. The van der Waals surface area contributed by atoms with Crippen LogP contribution in [-0.4, -0.2) is 33.5 Å². The first-order chi connectivity index (χ1) is 12.3. The molecule has 142 valence electrons. The van der Waals surface area contributed by atoms with Crippen molar-refractivity contribution in [2.75, 3.05) is 0 Å². The largest absolute Gasteiger partial charge is 0.508 e. The summed E-state index contributed by atoms with van der Waals surface area (Å²) in [5.41, 5.74) is 1.88. The molecule has 1 aromatic rings. The van der Waals surface area contributed by atoms with Gasteiger partial charge in [-0.15, -0.1) is 0 Å². The average Bonchev–Trinajstić information content (AvgIpc) is 2.84. The number of phenols is 1. The summed E-state index contributed by atoms with van der Waals surface area (Å²) in [7, 11) is 0. The smallest absolute Gasteiger partial charge is 0.310 e. The highest BCUT2D eigenvalue weighted by molar-refractivity contribution is 5.73. The van der Waals surface area contributed by atoms with Crippen LogP contribution in [0.15, 0.2) is 12.1 Å². The second-order valence-corrected chi connectivity index (χ2v) is 8.55. The molecule has 5 nitrogen and oxygen atoms in total. The van der Waals surface area contributed by atoms with Crippen molar-refractivity contribution in [2.45, 2.75) is 70.5 Å². The lowest BCUT2D eigenvalue weighted by Crippen LogP contribution is -2.45. The number of phenolic OH excluding ortho intramolecular Hbond substituents is 1. The predicted molar refractivity (Wildman–Crippen MR) is 96.0 cm³/mol. The maximum atomic E-state index is 11.9. The van der Waals surface area contributed by atoms with Crippen molar-refractivity contribution in [1.29, 1.82) is 0 Å². The molecule has 3 aliphatic rings. The zero-order valence-electron chi connectivity index (χ0n) is 15.4. The lowest BCUT2D eigenvalue weighted by atomic mass is 9.55. The summed E-state index contributed by atoms with van der Waals surface area (Å²) in [6.45, 7) is 3.87. The molecular weight excluding hydrogens is 332 g/mol. The predicted octanol–water partition coefficient (Wildman–Crippen LogP) is 2.90. The van der Waals surface area contributed by atoms with E-state index in [0.717, 1.165) is 36.8 Å². The Labute approximate surface area is 154 Å². The van der Waals surface area contributed by atoms with Crippen molar-refractivity contribution in [3.63, 3.8) is 0 Å². The van der Waals surface area contributed by atoms with E-state index in [1.54, 1.807) is 19.1 Å². The molecule has 2 fully saturated rings. The average molecular weight is 360 g/mol. The number of aromatic hydroxyl groups is 1. The van der Waals surface area contributed by atoms with Crippen LogP contribution in [0.3, 0.4) is 0 Å². The minimum atomic E-state index is -0.660. The lowest BCUT2D eigenvalue weighted by molar-refractivity contribution is -0.134. The first-order valence-corrected chi connectivity index (χ1v) is 9.77. The summed E-state index contributed by atoms with van der Waals surface area (Å²) < 4.78 is 5.57.